The van der Waals surface area contributed by atoms with Gasteiger partial charge in [-0.15, -0.1) is 0 Å². The molecule has 2 aromatic carbocycles. The van der Waals surface area contributed by atoms with Crippen LogP contribution in [0.15, 0.2) is 72.4 Å². The van der Waals surface area contributed by atoms with Crippen LogP contribution in [0, 0.1) is 41.3 Å². The van der Waals surface area contributed by atoms with E-state index in [-0.39, 0.29) is 60.8 Å². The van der Waals surface area contributed by atoms with Crippen molar-refractivity contribution in [2.24, 2.45) is 28.6 Å². The van der Waals surface area contributed by atoms with Gasteiger partial charge in [-0.2, -0.15) is 0 Å². The zero-order valence-electron chi connectivity index (χ0n) is 37.4. The summed E-state index contributed by atoms with van der Waals surface area (Å²) < 4.78 is 35.9. The van der Waals surface area contributed by atoms with Gasteiger partial charge >= 0.3 is 0 Å². The van der Waals surface area contributed by atoms with Gasteiger partial charge in [0.1, 0.15) is 25.3 Å². The number of aliphatic hydroxyl groups is 2. The standard InChI is InChI=1S/C49H55FN4O12/c1-25-9-12-35(64-24-28-7-6-8-30(19-28)53-45(63)27(3)52-44(62)26(2)51-38(59)16-18-54-39(60)13-14-40(54)61)43(50)41(25)46-65-37-21-33-32-11-10-29-20-31(56)15-17-47(29,4)42(32)34(57)22-48(33,5)49(37,66-46)36(58)23-55/h6-9,12-15,17,19-20,26-27,32-34,37,42,46,55,57H,10-11,16,18,21-24H2,1-5H3,(H,51,59)(H,52,62)(H,53,63)/t26?,27?,32-,33-,34-,37+,42+,46+,47-,48-,49+/m0/s1. The number of carbonyl (C=O) groups excluding carboxylic acids is 7. The van der Waals surface area contributed by atoms with E-state index in [1.165, 1.54) is 19.9 Å². The summed E-state index contributed by atoms with van der Waals surface area (Å²) in [5.41, 5.74) is -0.745. The summed E-state index contributed by atoms with van der Waals surface area (Å²) in [6, 6.07) is 7.70. The van der Waals surface area contributed by atoms with Crippen LogP contribution in [0.1, 0.15) is 82.8 Å². The molecule has 0 bridgehead atoms. The Bertz CT molecular complexity index is 2470. The number of allylic oxidation sites excluding steroid dienone is 4. The molecule has 0 aromatic heterocycles. The van der Waals surface area contributed by atoms with Crippen molar-refractivity contribution in [2.75, 3.05) is 18.5 Å². The van der Waals surface area contributed by atoms with Gasteiger partial charge in [0.25, 0.3) is 11.8 Å². The Hall–Kier alpha value is -5.88. The topological polar surface area (TPSA) is 227 Å². The minimum Gasteiger partial charge on any atom is -0.486 e. The number of fused-ring (bicyclic) bond motifs is 7. The summed E-state index contributed by atoms with van der Waals surface area (Å²) in [5, 5.41) is 30.2. The van der Waals surface area contributed by atoms with E-state index in [0.717, 1.165) is 22.6 Å². The number of ether oxygens (including phenoxy) is 3. The molecule has 4 fully saturated rings. The first-order chi connectivity index (χ1) is 31.3. The molecule has 11 atom stereocenters. The van der Waals surface area contributed by atoms with E-state index in [4.69, 9.17) is 14.2 Å². The van der Waals surface area contributed by atoms with Gasteiger partial charge in [0.15, 0.2) is 35.0 Å². The summed E-state index contributed by atoms with van der Waals surface area (Å²) in [5.74, 6) is -4.75. The monoisotopic (exact) mass is 910 g/mol. The largest absolute Gasteiger partial charge is 0.486 e. The van der Waals surface area contributed by atoms with Crippen molar-refractivity contribution in [2.45, 2.75) is 110 Å². The molecule has 0 radical (unpaired) electrons. The molecule has 17 heteroatoms. The van der Waals surface area contributed by atoms with Crippen LogP contribution < -0.4 is 20.7 Å². The number of nitrogens with one attached hydrogen (secondary N) is 3. The Morgan fingerprint density at radius 1 is 1.00 bits per heavy atom. The molecule has 2 aromatic rings. The number of Topliss-reactive ketones (excluding diaryl/α,β-unsaturated/α-hetero) is 1. The van der Waals surface area contributed by atoms with Crippen molar-refractivity contribution in [1.29, 1.82) is 0 Å². The van der Waals surface area contributed by atoms with Crippen molar-refractivity contribution >= 4 is 46.8 Å². The SMILES string of the molecule is Cc1ccc(OCc2cccc(NC(=O)C(C)NC(=O)C(C)NC(=O)CCN3C(=O)C=CC3=O)c2)c(F)c1[C@@H]1O[C@@H]2C[C@H]3[C@@H]4CCC5=CC(=O)C=C[C@]5(C)[C@H]4[C@@H](O)C[C@]3(C)[C@]2(C(=O)CO)O1. The summed E-state index contributed by atoms with van der Waals surface area (Å²) in [6.07, 6.45) is 6.06. The molecule has 16 nitrogen and oxygen atoms in total. The van der Waals surface area contributed by atoms with Gasteiger partial charge in [-0.25, -0.2) is 4.39 Å². The lowest BCUT2D eigenvalue weighted by atomic mass is 9.46. The minimum atomic E-state index is -1.67. The molecule has 5 amide bonds. The predicted molar refractivity (Wildman–Crippen MR) is 233 cm³/mol. The van der Waals surface area contributed by atoms with Gasteiger partial charge in [-0.05, 0) is 99.8 Å². The molecule has 6 aliphatic rings. The van der Waals surface area contributed by atoms with Crippen LogP contribution in [-0.2, 0) is 49.6 Å². The lowest BCUT2D eigenvalue weighted by Crippen LogP contribution is -2.63. The van der Waals surface area contributed by atoms with Gasteiger partial charge in [-0.3, -0.25) is 38.5 Å². The molecule has 3 saturated carbocycles. The van der Waals surface area contributed by atoms with Gasteiger partial charge in [0.05, 0.1) is 17.8 Å². The van der Waals surface area contributed by atoms with Crippen LogP contribution in [0.3, 0.4) is 0 Å². The van der Waals surface area contributed by atoms with Gasteiger partial charge < -0.3 is 40.4 Å². The van der Waals surface area contributed by atoms with E-state index in [9.17, 15) is 43.8 Å². The summed E-state index contributed by atoms with van der Waals surface area (Å²) in [6.45, 7) is 7.46. The van der Waals surface area contributed by atoms with Crippen LogP contribution in [-0.4, -0.2) is 99.3 Å². The predicted octanol–water partition coefficient (Wildman–Crippen LogP) is 3.58. The third-order valence-electron chi connectivity index (χ3n) is 15.0. The highest BCUT2D eigenvalue weighted by Gasteiger charge is 2.76. The fourth-order valence-corrected chi connectivity index (χ4v) is 11.7. The Morgan fingerprint density at radius 2 is 1.73 bits per heavy atom. The van der Waals surface area contributed by atoms with Gasteiger partial charge in [-0.1, -0.05) is 43.7 Å². The fourth-order valence-electron chi connectivity index (χ4n) is 11.7. The number of amides is 5. The zero-order valence-corrected chi connectivity index (χ0v) is 37.4. The molecule has 5 N–H and O–H groups in total. The van der Waals surface area contributed by atoms with Crippen molar-refractivity contribution in [3.63, 3.8) is 0 Å². The average molecular weight is 911 g/mol. The maximum atomic E-state index is 16.7. The number of halogens is 1. The van der Waals surface area contributed by atoms with Gasteiger partial charge in [0, 0.05) is 47.6 Å². The molecule has 2 heterocycles. The highest BCUT2D eigenvalue weighted by molar-refractivity contribution is 6.13. The number of carbonyl (C=O) groups is 7. The summed E-state index contributed by atoms with van der Waals surface area (Å²) in [4.78, 5) is 89.0. The smallest absolute Gasteiger partial charge is 0.253 e. The molecule has 1 saturated heterocycles. The first-order valence-corrected chi connectivity index (χ1v) is 22.4. The van der Waals surface area contributed by atoms with E-state index in [1.807, 2.05) is 13.0 Å². The number of aliphatic hydroxyl groups excluding tert-OH is 2. The van der Waals surface area contributed by atoms with Crippen LogP contribution in [0.5, 0.6) is 5.75 Å². The van der Waals surface area contributed by atoms with Crippen molar-refractivity contribution < 1.29 is 62.4 Å². The molecular weight excluding hydrogens is 856 g/mol. The van der Waals surface area contributed by atoms with Crippen LogP contribution in [0.25, 0.3) is 0 Å². The second kappa shape index (κ2) is 17.7. The molecule has 4 aliphatic carbocycles. The summed E-state index contributed by atoms with van der Waals surface area (Å²) in [7, 11) is 0. The Labute approximate surface area is 381 Å². The van der Waals surface area contributed by atoms with E-state index in [1.54, 1.807) is 49.4 Å². The maximum Gasteiger partial charge on any atom is 0.253 e. The number of hydrogen-bond acceptors (Lipinski definition) is 12. The lowest BCUT2D eigenvalue weighted by Gasteiger charge is -2.59. The molecular formula is C49H55FN4O12. The van der Waals surface area contributed by atoms with E-state index in [0.29, 0.717) is 36.1 Å². The Balaban J connectivity index is 0.901. The molecule has 66 heavy (non-hydrogen) atoms. The third kappa shape index (κ3) is 7.98. The number of anilines is 1. The second-order valence-corrected chi connectivity index (χ2v) is 18.9. The molecule has 350 valence electrons. The minimum absolute atomic E-state index is 0.0388. The normalized spacial score (nSPS) is 31.5. The second-order valence-electron chi connectivity index (χ2n) is 18.9. The van der Waals surface area contributed by atoms with E-state index < -0.39 is 94.8 Å². The number of ketones is 2. The number of benzene rings is 2. The van der Waals surface area contributed by atoms with Crippen molar-refractivity contribution in [1.82, 2.24) is 15.5 Å². The van der Waals surface area contributed by atoms with Crippen molar-refractivity contribution in [3.05, 3.63) is 94.9 Å². The Kier molecular flexibility index (Phi) is 12.5. The lowest BCUT2D eigenvalue weighted by molar-refractivity contribution is -0.201. The van der Waals surface area contributed by atoms with E-state index in [2.05, 4.69) is 22.9 Å². The number of hydrogen-bond donors (Lipinski definition) is 5. The fraction of sp³-hybridized carbons (Fsp3) is 0.490. The van der Waals surface area contributed by atoms with Crippen LogP contribution >= 0.6 is 0 Å². The van der Waals surface area contributed by atoms with Crippen molar-refractivity contribution in [3.8, 4) is 5.75 Å². The summed E-state index contributed by atoms with van der Waals surface area (Å²) >= 11 is 0. The molecule has 2 unspecified atom stereocenters. The van der Waals surface area contributed by atoms with E-state index >= 15 is 4.39 Å². The molecule has 0 spiro atoms. The number of nitrogens with zero attached hydrogens (tertiary/aromatic N) is 1. The quantitative estimate of drug-likeness (QED) is 0.172. The number of aryl methyl sites for hydroxylation is 1. The number of rotatable bonds is 14. The zero-order chi connectivity index (χ0) is 47.5. The maximum absolute atomic E-state index is 16.7. The molecule has 8 rings (SSSR count). The highest BCUT2D eigenvalue weighted by atomic mass is 19.1. The van der Waals surface area contributed by atoms with Gasteiger partial charge in [0.2, 0.25) is 17.7 Å². The number of imide groups is 1. The average Bonchev–Trinajstić information content (AvgIpc) is 3.89. The van der Waals surface area contributed by atoms with Crippen LogP contribution in [0.4, 0.5) is 10.1 Å². The molecule has 2 aliphatic heterocycles. The third-order valence-corrected chi connectivity index (χ3v) is 15.0. The highest BCUT2D eigenvalue weighted by Crippen LogP contribution is 2.70. The Morgan fingerprint density at radius 3 is 2.45 bits per heavy atom. The first kappa shape index (κ1) is 46.6. The van der Waals surface area contributed by atoms with Crippen LogP contribution in [0.2, 0.25) is 0 Å². The first-order valence-electron chi connectivity index (χ1n) is 22.4.